The van der Waals surface area contributed by atoms with E-state index >= 15 is 0 Å². The van der Waals surface area contributed by atoms with Crippen molar-refractivity contribution in [3.8, 4) is 17.1 Å². The highest BCUT2D eigenvalue weighted by atomic mass is 35.5. The lowest BCUT2D eigenvalue weighted by Gasteiger charge is -2.07. The molecule has 5 heteroatoms. The first-order valence-corrected chi connectivity index (χ1v) is 6.59. The molecule has 0 saturated carbocycles. The van der Waals surface area contributed by atoms with Crippen LogP contribution in [0.3, 0.4) is 0 Å². The van der Waals surface area contributed by atoms with Crippen LogP contribution in [-0.2, 0) is 6.54 Å². The average molecular weight is 280 g/mol. The van der Waals surface area contributed by atoms with Crippen molar-refractivity contribution >= 4 is 11.6 Å². The van der Waals surface area contributed by atoms with E-state index in [1.165, 1.54) is 0 Å². The monoisotopic (exact) mass is 279 g/mol. The molecule has 0 aliphatic carbocycles. The molecule has 0 saturated heterocycles. The molecule has 19 heavy (non-hydrogen) atoms. The van der Waals surface area contributed by atoms with Gasteiger partial charge in [-0.15, -0.1) is 0 Å². The lowest BCUT2D eigenvalue weighted by atomic mass is 10.2. The summed E-state index contributed by atoms with van der Waals surface area (Å²) in [7, 11) is 1.62. The van der Waals surface area contributed by atoms with E-state index in [0.29, 0.717) is 16.8 Å². The van der Waals surface area contributed by atoms with E-state index in [0.717, 1.165) is 23.6 Å². The zero-order valence-electron chi connectivity index (χ0n) is 11.3. The number of nitrogens with one attached hydrogen (secondary N) is 2. The molecule has 0 aliphatic heterocycles. The lowest BCUT2D eigenvalue weighted by molar-refractivity contribution is 0.416. The second-order valence-electron chi connectivity index (χ2n) is 4.64. The van der Waals surface area contributed by atoms with Crippen LogP contribution in [0.15, 0.2) is 24.4 Å². The Morgan fingerprint density at radius 2 is 2.21 bits per heavy atom. The second-order valence-corrected chi connectivity index (χ2v) is 5.07. The van der Waals surface area contributed by atoms with Crippen LogP contribution in [-0.4, -0.2) is 23.1 Å². The van der Waals surface area contributed by atoms with Gasteiger partial charge in [0.1, 0.15) is 11.6 Å². The molecule has 102 valence electrons. The third-order valence-electron chi connectivity index (χ3n) is 2.75. The fourth-order valence-corrected chi connectivity index (χ4v) is 1.92. The Labute approximate surface area is 118 Å². The normalized spacial score (nSPS) is 11.0. The minimum absolute atomic E-state index is 0.441. The summed E-state index contributed by atoms with van der Waals surface area (Å²) in [6, 6.07) is 5.95. The number of halogens is 1. The molecular formula is C14H18ClN3O. The Hall–Kier alpha value is -1.52. The number of ether oxygens (including phenoxy) is 1. The van der Waals surface area contributed by atoms with Gasteiger partial charge < -0.3 is 15.0 Å². The van der Waals surface area contributed by atoms with Crippen molar-refractivity contribution in [2.24, 2.45) is 0 Å². The number of rotatable bonds is 5. The fraction of sp³-hybridized carbons (Fsp3) is 0.357. The summed E-state index contributed by atoms with van der Waals surface area (Å²) in [4.78, 5) is 7.67. The summed E-state index contributed by atoms with van der Waals surface area (Å²) < 4.78 is 5.33. The number of H-pyrrole nitrogens is 1. The molecule has 0 amide bonds. The van der Waals surface area contributed by atoms with Gasteiger partial charge in [-0.3, -0.25) is 0 Å². The third kappa shape index (κ3) is 3.49. The van der Waals surface area contributed by atoms with Gasteiger partial charge in [0.25, 0.3) is 0 Å². The molecule has 0 radical (unpaired) electrons. The van der Waals surface area contributed by atoms with Gasteiger partial charge in [-0.1, -0.05) is 25.4 Å². The van der Waals surface area contributed by atoms with E-state index in [1.54, 1.807) is 13.2 Å². The van der Waals surface area contributed by atoms with Crippen LogP contribution in [0.2, 0.25) is 5.02 Å². The molecule has 2 N–H and O–H groups in total. The number of benzene rings is 1. The van der Waals surface area contributed by atoms with Gasteiger partial charge >= 0.3 is 0 Å². The van der Waals surface area contributed by atoms with Crippen LogP contribution >= 0.6 is 11.6 Å². The third-order valence-corrected chi connectivity index (χ3v) is 2.98. The highest BCUT2D eigenvalue weighted by molar-refractivity contribution is 6.30. The van der Waals surface area contributed by atoms with Gasteiger partial charge in [-0.25, -0.2) is 4.98 Å². The van der Waals surface area contributed by atoms with Gasteiger partial charge in [0.15, 0.2) is 0 Å². The maximum atomic E-state index is 5.95. The summed E-state index contributed by atoms with van der Waals surface area (Å²) in [5.41, 5.74) is 1.95. The molecule has 1 aromatic carbocycles. The smallest absolute Gasteiger partial charge is 0.141 e. The van der Waals surface area contributed by atoms with Gasteiger partial charge in [-0.05, 0) is 18.2 Å². The van der Waals surface area contributed by atoms with Crippen molar-refractivity contribution in [2.45, 2.75) is 26.4 Å². The van der Waals surface area contributed by atoms with E-state index in [4.69, 9.17) is 16.3 Å². The van der Waals surface area contributed by atoms with Crippen LogP contribution in [0, 0.1) is 0 Å². The number of hydrogen-bond donors (Lipinski definition) is 2. The Morgan fingerprint density at radius 3 is 2.89 bits per heavy atom. The fourth-order valence-electron chi connectivity index (χ4n) is 1.76. The molecular weight excluding hydrogens is 262 g/mol. The van der Waals surface area contributed by atoms with Gasteiger partial charge in [-0.2, -0.15) is 0 Å². The molecule has 2 aromatic rings. The maximum absolute atomic E-state index is 5.95. The van der Waals surface area contributed by atoms with Crippen molar-refractivity contribution in [1.29, 1.82) is 0 Å². The summed E-state index contributed by atoms with van der Waals surface area (Å²) in [5, 5.41) is 3.99. The van der Waals surface area contributed by atoms with E-state index in [9.17, 15) is 0 Å². The highest BCUT2D eigenvalue weighted by Crippen LogP contribution is 2.30. The molecule has 0 bridgehead atoms. The van der Waals surface area contributed by atoms with Crippen LogP contribution in [0.1, 0.15) is 19.5 Å². The van der Waals surface area contributed by atoms with Gasteiger partial charge in [0.2, 0.25) is 0 Å². The average Bonchev–Trinajstić information content (AvgIpc) is 2.84. The number of aromatic amines is 1. The van der Waals surface area contributed by atoms with Crippen molar-refractivity contribution in [3.05, 3.63) is 35.1 Å². The molecule has 1 heterocycles. The number of methoxy groups -OCH3 is 1. The highest BCUT2D eigenvalue weighted by Gasteiger charge is 2.10. The van der Waals surface area contributed by atoms with E-state index in [2.05, 4.69) is 29.1 Å². The summed E-state index contributed by atoms with van der Waals surface area (Å²) >= 11 is 5.95. The number of hydrogen-bond acceptors (Lipinski definition) is 3. The SMILES string of the molecule is COc1cc(Cl)ccc1-c1ncc(CNC(C)C)[nH]1. The number of imidazole rings is 1. The maximum Gasteiger partial charge on any atom is 0.141 e. The number of aromatic nitrogens is 2. The molecule has 0 atom stereocenters. The second kappa shape index (κ2) is 6.08. The van der Waals surface area contributed by atoms with Crippen LogP contribution in [0.4, 0.5) is 0 Å². The Kier molecular flexibility index (Phi) is 4.45. The van der Waals surface area contributed by atoms with Crippen molar-refractivity contribution in [3.63, 3.8) is 0 Å². The molecule has 0 spiro atoms. The van der Waals surface area contributed by atoms with Crippen molar-refractivity contribution in [1.82, 2.24) is 15.3 Å². The number of nitrogens with zero attached hydrogens (tertiary/aromatic N) is 1. The summed E-state index contributed by atoms with van der Waals surface area (Å²) in [6.07, 6.45) is 1.83. The summed E-state index contributed by atoms with van der Waals surface area (Å²) in [5.74, 6) is 1.50. The van der Waals surface area contributed by atoms with E-state index in [1.807, 2.05) is 18.3 Å². The van der Waals surface area contributed by atoms with Crippen LogP contribution < -0.4 is 10.1 Å². The predicted molar refractivity (Wildman–Crippen MR) is 77.6 cm³/mol. The first kappa shape index (κ1) is 13.9. The quantitative estimate of drug-likeness (QED) is 0.883. The van der Waals surface area contributed by atoms with Crippen molar-refractivity contribution < 1.29 is 4.74 Å². The standard InChI is InChI=1S/C14H18ClN3O/c1-9(2)16-7-11-8-17-14(18-11)12-5-4-10(15)6-13(12)19-3/h4-6,8-9,16H,7H2,1-3H3,(H,17,18). The van der Waals surface area contributed by atoms with Crippen molar-refractivity contribution in [2.75, 3.05) is 7.11 Å². The topological polar surface area (TPSA) is 49.9 Å². The molecule has 2 rings (SSSR count). The van der Waals surface area contributed by atoms with Gasteiger partial charge in [0, 0.05) is 29.5 Å². The zero-order chi connectivity index (χ0) is 13.8. The van der Waals surface area contributed by atoms with E-state index in [-0.39, 0.29) is 0 Å². The molecule has 4 nitrogen and oxygen atoms in total. The lowest BCUT2D eigenvalue weighted by Crippen LogP contribution is -2.21. The molecule has 0 aliphatic rings. The first-order valence-electron chi connectivity index (χ1n) is 6.21. The zero-order valence-corrected chi connectivity index (χ0v) is 12.1. The van der Waals surface area contributed by atoms with Gasteiger partial charge in [0.05, 0.1) is 12.7 Å². The van der Waals surface area contributed by atoms with Crippen LogP contribution in [0.25, 0.3) is 11.4 Å². The largest absolute Gasteiger partial charge is 0.496 e. The molecule has 0 unspecified atom stereocenters. The molecule has 1 aromatic heterocycles. The Bertz CT molecular complexity index is 551. The molecule has 0 fully saturated rings. The van der Waals surface area contributed by atoms with E-state index < -0.39 is 0 Å². The van der Waals surface area contributed by atoms with Crippen LogP contribution in [0.5, 0.6) is 5.75 Å². The Morgan fingerprint density at radius 1 is 1.42 bits per heavy atom. The minimum Gasteiger partial charge on any atom is -0.496 e. The Balaban J connectivity index is 2.22. The first-order chi connectivity index (χ1) is 9.10. The summed E-state index contributed by atoms with van der Waals surface area (Å²) in [6.45, 7) is 4.99. The minimum atomic E-state index is 0.441. The predicted octanol–water partition coefficient (Wildman–Crippen LogP) is 3.24.